The summed E-state index contributed by atoms with van der Waals surface area (Å²) in [5.74, 6) is 0. The Kier molecular flexibility index (Phi) is 7.62. The van der Waals surface area contributed by atoms with E-state index in [-0.39, 0.29) is 29.6 Å². The van der Waals surface area contributed by atoms with Crippen molar-refractivity contribution in [2.45, 2.75) is 11.8 Å². The molecule has 5 rings (SSSR count). The molecule has 8 heteroatoms. The van der Waals surface area contributed by atoms with E-state index in [1.54, 1.807) is 4.80 Å². The van der Waals surface area contributed by atoms with Crippen LogP contribution in [0.2, 0.25) is 0 Å². The zero-order valence-electron chi connectivity index (χ0n) is 18.1. The molecule has 158 valence electrons. The van der Waals surface area contributed by atoms with Crippen LogP contribution in [-0.2, 0) is 9.37 Å². The van der Waals surface area contributed by atoms with Crippen LogP contribution in [0, 0.1) is 6.92 Å². The smallest absolute Gasteiger partial charge is 0.691 e. The number of hydrogen-bond donors (Lipinski definition) is 0. The van der Waals surface area contributed by atoms with Crippen molar-refractivity contribution in [3.8, 4) is 5.69 Å². The maximum absolute atomic E-state index is 10.4. The number of benzene rings is 4. The molecule has 4 aromatic carbocycles. The van der Waals surface area contributed by atoms with E-state index >= 15 is 0 Å². The molecule has 5 aromatic rings. The minimum absolute atomic E-state index is 0. The van der Waals surface area contributed by atoms with Crippen LogP contribution >= 0.6 is 12.0 Å². The predicted octanol–water partition coefficient (Wildman–Crippen LogP) is 2.29. The molecule has 0 atom stereocenters. The van der Waals surface area contributed by atoms with E-state index in [0.717, 1.165) is 50.7 Å². The Morgan fingerprint density at radius 3 is 2.58 bits per heavy atom. The van der Waals surface area contributed by atoms with E-state index < -0.39 is 0 Å². The molecule has 0 aliphatic heterocycles. The monoisotopic (exact) mass is 463 g/mol. The SMILES string of the molecule is Cc1ccc2c(ccc3nn(-c4ccc(/C=C/c5ccccc5)c(SOO[O-])c4)nc32)c1.[Na+]. The van der Waals surface area contributed by atoms with Gasteiger partial charge in [0.05, 0.1) is 17.7 Å². The first kappa shape index (κ1) is 23.7. The van der Waals surface area contributed by atoms with Gasteiger partial charge >= 0.3 is 29.6 Å². The van der Waals surface area contributed by atoms with E-state index in [2.05, 4.69) is 45.7 Å². The first-order chi connectivity index (χ1) is 15.7. The molecule has 0 aliphatic carbocycles. The van der Waals surface area contributed by atoms with Crippen molar-refractivity contribution in [2.24, 2.45) is 0 Å². The van der Waals surface area contributed by atoms with Crippen LogP contribution in [0.3, 0.4) is 0 Å². The molecule has 0 saturated carbocycles. The second-order valence-corrected chi connectivity index (χ2v) is 8.08. The van der Waals surface area contributed by atoms with Crippen molar-refractivity contribution < 1.29 is 44.2 Å². The third-order valence-corrected chi connectivity index (χ3v) is 5.81. The number of aryl methyl sites for hydroxylation is 1. The molecule has 0 unspecified atom stereocenters. The molecule has 0 radical (unpaired) electrons. The zero-order chi connectivity index (χ0) is 21.9. The summed E-state index contributed by atoms with van der Waals surface area (Å²) in [6, 6.07) is 26.0. The Bertz CT molecular complexity index is 1440. The number of fused-ring (bicyclic) bond motifs is 3. The summed E-state index contributed by atoms with van der Waals surface area (Å²) in [6.45, 7) is 2.07. The van der Waals surface area contributed by atoms with Crippen LogP contribution in [0.25, 0.3) is 39.6 Å². The van der Waals surface area contributed by atoms with Gasteiger partial charge in [0.15, 0.2) is 0 Å². The van der Waals surface area contributed by atoms with Crippen molar-refractivity contribution in [2.75, 3.05) is 0 Å². The number of rotatable bonds is 6. The second-order valence-electron chi connectivity index (χ2n) is 7.33. The van der Waals surface area contributed by atoms with Gasteiger partial charge < -0.3 is 5.26 Å². The molecule has 0 saturated heterocycles. The second kappa shape index (κ2) is 10.6. The third kappa shape index (κ3) is 5.20. The molecule has 1 heterocycles. The Labute approximate surface area is 217 Å². The summed E-state index contributed by atoms with van der Waals surface area (Å²) in [5, 5.41) is 25.5. The molecule has 0 fully saturated rings. The van der Waals surface area contributed by atoms with Gasteiger partial charge in [0.1, 0.15) is 11.0 Å². The Balaban J connectivity index is 0.00000259. The molecule has 0 N–H and O–H groups in total. The van der Waals surface area contributed by atoms with Gasteiger partial charge in [-0.1, -0.05) is 78.4 Å². The van der Waals surface area contributed by atoms with Crippen LogP contribution in [-0.4, -0.2) is 15.0 Å². The predicted molar refractivity (Wildman–Crippen MR) is 125 cm³/mol. The average Bonchev–Trinajstić information content (AvgIpc) is 3.27. The normalized spacial score (nSPS) is 11.3. The Morgan fingerprint density at radius 1 is 0.909 bits per heavy atom. The van der Waals surface area contributed by atoms with Crippen molar-refractivity contribution in [3.05, 3.63) is 95.6 Å². The fraction of sp³-hybridized carbons (Fsp3) is 0.0400. The van der Waals surface area contributed by atoms with Crippen LogP contribution in [0.15, 0.2) is 83.8 Å². The minimum atomic E-state index is 0. The number of hydrogen-bond acceptors (Lipinski definition) is 6. The molecule has 0 amide bonds. The topological polar surface area (TPSA) is 72.2 Å². The average molecular weight is 463 g/mol. The summed E-state index contributed by atoms with van der Waals surface area (Å²) in [4.78, 5) is 2.30. The van der Waals surface area contributed by atoms with E-state index in [1.165, 1.54) is 5.56 Å². The quantitative estimate of drug-likeness (QED) is 0.127. The molecule has 33 heavy (non-hydrogen) atoms. The molecular weight excluding hydrogens is 445 g/mol. The summed E-state index contributed by atoms with van der Waals surface area (Å²) in [5.41, 5.74) is 5.53. The van der Waals surface area contributed by atoms with Crippen LogP contribution in [0.1, 0.15) is 16.7 Å². The molecular formula is C25H18N3NaO3S. The molecule has 0 aliphatic rings. The number of nitrogens with zero attached hydrogens (tertiary/aromatic N) is 3. The van der Waals surface area contributed by atoms with Crippen molar-refractivity contribution in [1.29, 1.82) is 0 Å². The fourth-order valence-corrected chi connectivity index (χ4v) is 4.10. The maximum atomic E-state index is 10.4. The van der Waals surface area contributed by atoms with Gasteiger partial charge in [-0.05, 0) is 41.6 Å². The Morgan fingerprint density at radius 2 is 1.76 bits per heavy atom. The molecule has 0 spiro atoms. The van der Waals surface area contributed by atoms with Gasteiger partial charge in [-0.15, -0.1) is 10.2 Å². The van der Waals surface area contributed by atoms with Gasteiger partial charge in [-0.25, -0.2) is 0 Å². The van der Waals surface area contributed by atoms with Crippen LogP contribution in [0.5, 0.6) is 0 Å². The third-order valence-electron chi connectivity index (χ3n) is 5.16. The fourth-order valence-electron chi connectivity index (χ4n) is 3.60. The molecule has 6 nitrogen and oxygen atoms in total. The molecule has 1 aromatic heterocycles. The van der Waals surface area contributed by atoms with Gasteiger partial charge in [0.2, 0.25) is 0 Å². The van der Waals surface area contributed by atoms with Gasteiger partial charge in [-0.2, -0.15) is 9.13 Å². The van der Waals surface area contributed by atoms with E-state index in [4.69, 9.17) is 5.10 Å². The van der Waals surface area contributed by atoms with Gasteiger partial charge in [0.25, 0.3) is 0 Å². The van der Waals surface area contributed by atoms with Crippen molar-refractivity contribution in [3.63, 3.8) is 0 Å². The summed E-state index contributed by atoms with van der Waals surface area (Å²) < 4.78 is 4.61. The molecule has 0 bridgehead atoms. The van der Waals surface area contributed by atoms with Crippen LogP contribution < -0.4 is 34.8 Å². The van der Waals surface area contributed by atoms with Gasteiger partial charge in [-0.3, -0.25) is 5.04 Å². The first-order valence-corrected chi connectivity index (χ1v) is 10.7. The van der Waals surface area contributed by atoms with E-state index in [9.17, 15) is 5.26 Å². The zero-order valence-corrected chi connectivity index (χ0v) is 21.0. The minimum Gasteiger partial charge on any atom is -0.691 e. The number of aromatic nitrogens is 3. The summed E-state index contributed by atoms with van der Waals surface area (Å²) in [6.07, 6.45) is 3.95. The van der Waals surface area contributed by atoms with Crippen LogP contribution in [0.4, 0.5) is 0 Å². The maximum Gasteiger partial charge on any atom is 1.00 e. The van der Waals surface area contributed by atoms with Gasteiger partial charge in [0, 0.05) is 10.3 Å². The standard InChI is InChI=1S/C25H19N3O3S.Na/c1-17-7-13-22-20(15-17)11-14-23-25(22)27-28(26-23)21-12-10-19(24(16-21)32-31-30-29)9-8-18-5-3-2-4-6-18;/h2-16,29H,1H3;/q;+1/p-1/b9-8+;. The Hall–Kier alpha value is -2.49. The first-order valence-electron chi connectivity index (χ1n) is 9.98. The summed E-state index contributed by atoms with van der Waals surface area (Å²) >= 11 is 0.847. The van der Waals surface area contributed by atoms with E-state index in [0.29, 0.717) is 4.90 Å². The summed E-state index contributed by atoms with van der Waals surface area (Å²) in [7, 11) is 0. The van der Waals surface area contributed by atoms with E-state index in [1.807, 2.05) is 66.7 Å². The van der Waals surface area contributed by atoms with Crippen molar-refractivity contribution in [1.82, 2.24) is 15.0 Å². The van der Waals surface area contributed by atoms with Crippen molar-refractivity contribution >= 4 is 46.0 Å². The largest absolute Gasteiger partial charge is 1.00 e.